The standard InChI is InChI=1S/C27H23N3O6S/c1-17-6-5-7-18(2)25(17)28-24(31)15-29-26(32)23(37-27(29)33)14-20-8-3-4-9-22(20)36-16-19-10-12-21(13-11-19)30(34)35/h3-14H,15-16H2,1-2H3,(H,28,31)/b23-14-. The van der Waals surface area contributed by atoms with Gasteiger partial charge in [0.15, 0.2) is 0 Å². The molecule has 0 spiro atoms. The SMILES string of the molecule is Cc1cccc(C)c1NC(=O)CN1C(=O)S/C(=C\c2ccccc2OCc2ccc([N+](=O)[O-])cc2)C1=O. The van der Waals surface area contributed by atoms with Crippen LogP contribution in [0.2, 0.25) is 0 Å². The first-order valence-corrected chi connectivity index (χ1v) is 12.1. The van der Waals surface area contributed by atoms with E-state index in [9.17, 15) is 24.5 Å². The molecule has 3 aromatic carbocycles. The molecule has 0 aliphatic carbocycles. The highest BCUT2D eigenvalue weighted by molar-refractivity contribution is 8.18. The summed E-state index contributed by atoms with van der Waals surface area (Å²) >= 11 is 0.758. The normalized spacial score (nSPS) is 14.2. The second-order valence-corrected chi connectivity index (χ2v) is 9.33. The molecule has 1 saturated heterocycles. The molecule has 0 radical (unpaired) electrons. The molecule has 0 aromatic heterocycles. The molecule has 0 unspecified atom stereocenters. The van der Waals surface area contributed by atoms with Crippen LogP contribution in [0.1, 0.15) is 22.3 Å². The van der Waals surface area contributed by atoms with E-state index in [4.69, 9.17) is 4.74 Å². The molecule has 1 fully saturated rings. The number of rotatable bonds is 8. The lowest BCUT2D eigenvalue weighted by molar-refractivity contribution is -0.384. The molecule has 1 heterocycles. The van der Waals surface area contributed by atoms with Gasteiger partial charge < -0.3 is 10.1 Å². The Morgan fingerprint density at radius 1 is 1.03 bits per heavy atom. The molecule has 4 rings (SSSR count). The summed E-state index contributed by atoms with van der Waals surface area (Å²) in [4.78, 5) is 49.6. The molecular weight excluding hydrogens is 494 g/mol. The number of nitro benzene ring substituents is 1. The largest absolute Gasteiger partial charge is 0.488 e. The fourth-order valence-corrected chi connectivity index (χ4v) is 4.55. The summed E-state index contributed by atoms with van der Waals surface area (Å²) in [6, 6.07) is 18.6. The lowest BCUT2D eigenvalue weighted by atomic mass is 10.1. The number of non-ortho nitro benzene ring substituents is 1. The number of carbonyl (C=O) groups is 3. The number of hydrogen-bond donors (Lipinski definition) is 1. The van der Waals surface area contributed by atoms with Crippen LogP contribution in [0.25, 0.3) is 6.08 Å². The molecular formula is C27H23N3O6S. The number of thioether (sulfide) groups is 1. The molecule has 1 N–H and O–H groups in total. The van der Waals surface area contributed by atoms with Crippen LogP contribution < -0.4 is 10.1 Å². The van der Waals surface area contributed by atoms with E-state index in [1.54, 1.807) is 42.5 Å². The second kappa shape index (κ2) is 11.1. The van der Waals surface area contributed by atoms with E-state index in [1.807, 2.05) is 32.0 Å². The maximum atomic E-state index is 13.0. The number of nitrogens with zero attached hydrogens (tertiary/aromatic N) is 2. The molecule has 10 heteroatoms. The zero-order valence-electron chi connectivity index (χ0n) is 20.1. The van der Waals surface area contributed by atoms with Crippen molar-refractivity contribution in [2.45, 2.75) is 20.5 Å². The van der Waals surface area contributed by atoms with Gasteiger partial charge in [-0.2, -0.15) is 0 Å². The number of hydrogen-bond acceptors (Lipinski definition) is 7. The van der Waals surface area contributed by atoms with Crippen LogP contribution in [0.4, 0.5) is 16.2 Å². The number of nitro groups is 1. The van der Waals surface area contributed by atoms with Gasteiger partial charge in [0.2, 0.25) is 5.91 Å². The number of amides is 3. The maximum absolute atomic E-state index is 13.0. The number of anilines is 1. The van der Waals surface area contributed by atoms with Crippen molar-refractivity contribution < 1.29 is 24.0 Å². The Balaban J connectivity index is 1.45. The smallest absolute Gasteiger partial charge is 0.294 e. The minimum Gasteiger partial charge on any atom is -0.488 e. The third kappa shape index (κ3) is 6.04. The Labute approximate surface area is 217 Å². The molecule has 1 aliphatic rings. The van der Waals surface area contributed by atoms with E-state index in [0.717, 1.165) is 33.4 Å². The molecule has 37 heavy (non-hydrogen) atoms. The Kier molecular flexibility index (Phi) is 7.69. The highest BCUT2D eigenvalue weighted by atomic mass is 32.2. The first kappa shape index (κ1) is 25.6. The fraction of sp³-hybridized carbons (Fsp3) is 0.148. The number of benzene rings is 3. The van der Waals surface area contributed by atoms with Gasteiger partial charge in [0.25, 0.3) is 16.8 Å². The quantitative estimate of drug-likeness (QED) is 0.239. The van der Waals surface area contributed by atoms with Crippen molar-refractivity contribution in [3.05, 3.63) is 104 Å². The van der Waals surface area contributed by atoms with Crippen LogP contribution in [0.15, 0.2) is 71.6 Å². The lowest BCUT2D eigenvalue weighted by Gasteiger charge is -2.15. The number of carbonyl (C=O) groups excluding carboxylic acids is 3. The van der Waals surface area contributed by atoms with Crippen molar-refractivity contribution in [3.63, 3.8) is 0 Å². The van der Waals surface area contributed by atoms with Crippen molar-refractivity contribution in [1.82, 2.24) is 4.90 Å². The van der Waals surface area contributed by atoms with Crippen molar-refractivity contribution >= 4 is 46.3 Å². The van der Waals surface area contributed by atoms with E-state index in [0.29, 0.717) is 17.0 Å². The third-order valence-corrected chi connectivity index (χ3v) is 6.58. The van der Waals surface area contributed by atoms with Gasteiger partial charge in [0, 0.05) is 23.4 Å². The average Bonchev–Trinajstić information content (AvgIpc) is 3.13. The summed E-state index contributed by atoms with van der Waals surface area (Å²) in [6.07, 6.45) is 1.56. The molecule has 9 nitrogen and oxygen atoms in total. The number of imide groups is 1. The van der Waals surface area contributed by atoms with Gasteiger partial charge in [-0.15, -0.1) is 0 Å². The van der Waals surface area contributed by atoms with Crippen LogP contribution in [-0.2, 0) is 16.2 Å². The van der Waals surface area contributed by atoms with Crippen LogP contribution in [0.5, 0.6) is 5.75 Å². The fourth-order valence-electron chi connectivity index (χ4n) is 3.72. The van der Waals surface area contributed by atoms with Gasteiger partial charge in [-0.3, -0.25) is 29.4 Å². The molecule has 3 amide bonds. The number of aryl methyl sites for hydroxylation is 2. The van der Waals surface area contributed by atoms with Gasteiger partial charge in [0.1, 0.15) is 18.9 Å². The second-order valence-electron chi connectivity index (χ2n) is 8.33. The van der Waals surface area contributed by atoms with Gasteiger partial charge in [-0.1, -0.05) is 36.4 Å². The van der Waals surface area contributed by atoms with Crippen LogP contribution in [0.3, 0.4) is 0 Å². The molecule has 188 valence electrons. The van der Waals surface area contributed by atoms with Gasteiger partial charge in [-0.25, -0.2) is 0 Å². The first-order valence-electron chi connectivity index (χ1n) is 11.3. The van der Waals surface area contributed by atoms with Crippen LogP contribution >= 0.6 is 11.8 Å². The van der Waals surface area contributed by atoms with Crippen molar-refractivity contribution in [2.24, 2.45) is 0 Å². The minimum absolute atomic E-state index is 0.0115. The minimum atomic E-state index is -0.558. The van der Waals surface area contributed by atoms with E-state index < -0.39 is 28.5 Å². The van der Waals surface area contributed by atoms with E-state index >= 15 is 0 Å². The summed E-state index contributed by atoms with van der Waals surface area (Å²) in [5.74, 6) is -0.551. The van der Waals surface area contributed by atoms with Crippen molar-refractivity contribution in [2.75, 3.05) is 11.9 Å². The van der Waals surface area contributed by atoms with E-state index in [-0.39, 0.29) is 17.2 Å². The van der Waals surface area contributed by atoms with Crippen LogP contribution in [0, 0.1) is 24.0 Å². The zero-order valence-corrected chi connectivity index (χ0v) is 20.9. The highest BCUT2D eigenvalue weighted by Gasteiger charge is 2.36. The third-order valence-electron chi connectivity index (χ3n) is 5.67. The highest BCUT2D eigenvalue weighted by Crippen LogP contribution is 2.34. The molecule has 0 saturated carbocycles. The average molecular weight is 518 g/mol. The van der Waals surface area contributed by atoms with E-state index in [2.05, 4.69) is 5.32 Å². The molecule has 1 aliphatic heterocycles. The van der Waals surface area contributed by atoms with Gasteiger partial charge >= 0.3 is 0 Å². The predicted octanol–water partition coefficient (Wildman–Crippen LogP) is 5.47. The predicted molar refractivity (Wildman–Crippen MR) is 141 cm³/mol. The topological polar surface area (TPSA) is 119 Å². The maximum Gasteiger partial charge on any atom is 0.294 e. The van der Waals surface area contributed by atoms with Crippen LogP contribution in [-0.4, -0.2) is 33.4 Å². The number of ether oxygens (including phenoxy) is 1. The summed E-state index contributed by atoms with van der Waals surface area (Å²) in [7, 11) is 0. The molecule has 0 bridgehead atoms. The summed E-state index contributed by atoms with van der Waals surface area (Å²) in [5.41, 5.74) is 3.72. The lowest BCUT2D eigenvalue weighted by Crippen LogP contribution is -2.36. The van der Waals surface area contributed by atoms with Crippen molar-refractivity contribution in [3.8, 4) is 5.75 Å². The number of nitrogens with one attached hydrogen (secondary N) is 1. The first-order chi connectivity index (χ1) is 17.7. The Bertz CT molecular complexity index is 1400. The monoisotopic (exact) mass is 517 g/mol. The zero-order chi connectivity index (χ0) is 26.5. The Morgan fingerprint density at radius 3 is 2.38 bits per heavy atom. The number of para-hydroxylation sites is 2. The summed E-state index contributed by atoms with van der Waals surface area (Å²) in [5, 5.41) is 13.1. The Hall–Kier alpha value is -4.44. The Morgan fingerprint density at radius 2 is 1.70 bits per heavy atom. The molecule has 3 aromatic rings. The summed E-state index contributed by atoms with van der Waals surface area (Å²) in [6.45, 7) is 3.50. The molecule has 0 atom stereocenters. The summed E-state index contributed by atoms with van der Waals surface area (Å²) < 4.78 is 5.88. The van der Waals surface area contributed by atoms with E-state index in [1.165, 1.54) is 12.1 Å². The van der Waals surface area contributed by atoms with Gasteiger partial charge in [0.05, 0.1) is 9.83 Å². The van der Waals surface area contributed by atoms with Gasteiger partial charge in [-0.05, 0) is 66.6 Å². The van der Waals surface area contributed by atoms with Crippen molar-refractivity contribution in [1.29, 1.82) is 0 Å².